The van der Waals surface area contributed by atoms with E-state index in [1.54, 1.807) is 18.3 Å². The quantitative estimate of drug-likeness (QED) is 0.266. The number of carboxylic acids is 1. The number of aromatic amines is 2. The number of halogens is 3. The van der Waals surface area contributed by atoms with Crippen LogP contribution in [0.2, 0.25) is 0 Å². The second-order valence-corrected chi connectivity index (χ2v) is 8.64. The number of nitrogens with one attached hydrogen (secondary N) is 2. The van der Waals surface area contributed by atoms with Gasteiger partial charge in [0.15, 0.2) is 17.4 Å². The molecule has 0 amide bonds. The van der Waals surface area contributed by atoms with Crippen LogP contribution in [0.25, 0.3) is 22.3 Å². The molecule has 10 heteroatoms. The fourth-order valence-electron chi connectivity index (χ4n) is 4.59. The van der Waals surface area contributed by atoms with E-state index in [1.165, 1.54) is 24.4 Å². The number of carboxylic acid groups (broad SMARTS) is 1. The number of nitrogens with zero attached hydrogens (tertiary/aromatic N) is 1. The van der Waals surface area contributed by atoms with Crippen LogP contribution >= 0.6 is 0 Å². The van der Waals surface area contributed by atoms with Gasteiger partial charge in [0.1, 0.15) is 29.7 Å². The molecule has 0 saturated carbocycles. The van der Waals surface area contributed by atoms with Gasteiger partial charge in [0, 0.05) is 40.7 Å². The average molecular weight is 505 g/mol. The number of para-hydroxylation sites is 1. The van der Waals surface area contributed by atoms with E-state index in [-0.39, 0.29) is 47.0 Å². The van der Waals surface area contributed by atoms with Gasteiger partial charge in [0.25, 0.3) is 0 Å². The Bertz CT molecular complexity index is 1680. The van der Waals surface area contributed by atoms with Crippen LogP contribution in [0.4, 0.5) is 13.2 Å². The largest absolute Gasteiger partial charge is 0.492 e. The highest BCUT2D eigenvalue weighted by molar-refractivity contribution is 5.82. The molecule has 1 unspecified atom stereocenters. The summed E-state index contributed by atoms with van der Waals surface area (Å²) in [4.78, 5) is 21.3. The average Bonchev–Trinajstić information content (AvgIpc) is 3.62. The molecule has 3 N–H and O–H groups in total. The molecule has 0 bridgehead atoms. The summed E-state index contributed by atoms with van der Waals surface area (Å²) in [6, 6.07) is 11.6. The number of hydrogen-bond donors (Lipinski definition) is 3. The van der Waals surface area contributed by atoms with Gasteiger partial charge in [-0.2, -0.15) is 0 Å². The van der Waals surface area contributed by atoms with Crippen LogP contribution in [0.5, 0.6) is 17.2 Å². The lowest BCUT2D eigenvalue weighted by molar-refractivity contribution is -0.136. The molecule has 0 radical (unpaired) electrons. The number of imidazole rings is 1. The molecule has 7 nitrogen and oxygen atoms in total. The molecule has 37 heavy (non-hydrogen) atoms. The minimum Gasteiger partial charge on any atom is -0.492 e. The van der Waals surface area contributed by atoms with Crippen molar-refractivity contribution >= 4 is 16.9 Å². The Morgan fingerprint density at radius 1 is 1.14 bits per heavy atom. The molecular formula is C27H18F3N3O4. The monoisotopic (exact) mass is 505 g/mol. The Hall–Kier alpha value is -4.73. The first kappa shape index (κ1) is 22.7. The highest BCUT2D eigenvalue weighted by Gasteiger charge is 2.30. The maximum absolute atomic E-state index is 14.8. The molecule has 2 aromatic heterocycles. The molecule has 186 valence electrons. The normalized spacial score (nSPS) is 14.5. The Morgan fingerprint density at radius 2 is 2.00 bits per heavy atom. The van der Waals surface area contributed by atoms with Gasteiger partial charge in [-0.25, -0.2) is 18.2 Å². The summed E-state index contributed by atoms with van der Waals surface area (Å²) >= 11 is 0. The van der Waals surface area contributed by atoms with E-state index in [9.17, 15) is 18.0 Å². The van der Waals surface area contributed by atoms with Crippen LogP contribution in [0.1, 0.15) is 22.7 Å². The van der Waals surface area contributed by atoms with E-state index in [0.29, 0.717) is 17.0 Å². The number of ether oxygens (including phenoxy) is 2. The van der Waals surface area contributed by atoms with E-state index in [1.807, 2.05) is 6.07 Å². The first-order valence-corrected chi connectivity index (χ1v) is 11.3. The van der Waals surface area contributed by atoms with Crippen LogP contribution in [-0.2, 0) is 11.2 Å². The molecule has 0 saturated heterocycles. The van der Waals surface area contributed by atoms with Gasteiger partial charge in [0.2, 0.25) is 0 Å². The predicted molar refractivity (Wildman–Crippen MR) is 127 cm³/mol. The Balaban J connectivity index is 1.31. The third-order valence-electron chi connectivity index (χ3n) is 6.33. The SMILES string of the molecule is O=C(O)Cc1cccc2c1OCC2c1cnc(-c2cc(Oc3c(F)cc4[nH]ccc4c3F)ccc2F)[nH]1. The summed E-state index contributed by atoms with van der Waals surface area (Å²) in [7, 11) is 0. The van der Waals surface area contributed by atoms with Gasteiger partial charge in [-0.3, -0.25) is 4.79 Å². The van der Waals surface area contributed by atoms with Crippen LogP contribution < -0.4 is 9.47 Å². The number of fused-ring (bicyclic) bond motifs is 2. The van der Waals surface area contributed by atoms with Gasteiger partial charge in [-0.15, -0.1) is 0 Å². The van der Waals surface area contributed by atoms with Crippen LogP contribution in [0.3, 0.4) is 0 Å². The van der Waals surface area contributed by atoms with Gasteiger partial charge in [-0.05, 0) is 24.3 Å². The highest BCUT2D eigenvalue weighted by Crippen LogP contribution is 2.41. The van der Waals surface area contributed by atoms with Crippen LogP contribution in [-0.4, -0.2) is 32.6 Å². The number of rotatable bonds is 6. The van der Waals surface area contributed by atoms with E-state index in [2.05, 4.69) is 15.0 Å². The maximum Gasteiger partial charge on any atom is 0.307 e. The number of benzene rings is 3. The fourth-order valence-corrected chi connectivity index (χ4v) is 4.59. The number of aliphatic carboxylic acids is 1. The van der Waals surface area contributed by atoms with Crippen molar-refractivity contribution in [2.75, 3.05) is 6.61 Å². The van der Waals surface area contributed by atoms with Crippen molar-refractivity contribution in [2.45, 2.75) is 12.3 Å². The fraction of sp³-hybridized carbons (Fsp3) is 0.111. The molecular weight excluding hydrogens is 487 g/mol. The van der Waals surface area contributed by atoms with Crippen molar-refractivity contribution in [1.82, 2.24) is 15.0 Å². The lowest BCUT2D eigenvalue weighted by Crippen LogP contribution is -2.03. The molecule has 1 aliphatic rings. The smallest absolute Gasteiger partial charge is 0.307 e. The summed E-state index contributed by atoms with van der Waals surface area (Å²) in [6.45, 7) is 0.263. The van der Waals surface area contributed by atoms with Gasteiger partial charge < -0.3 is 24.5 Å². The summed E-state index contributed by atoms with van der Waals surface area (Å²) in [5, 5.41) is 9.33. The Morgan fingerprint density at radius 3 is 2.84 bits per heavy atom. The third-order valence-corrected chi connectivity index (χ3v) is 6.33. The molecule has 1 aliphatic heterocycles. The number of carbonyl (C=O) groups is 1. The van der Waals surface area contributed by atoms with E-state index in [0.717, 1.165) is 17.7 Å². The second-order valence-electron chi connectivity index (χ2n) is 8.64. The number of aromatic nitrogens is 3. The van der Waals surface area contributed by atoms with Crippen molar-refractivity contribution in [3.05, 3.63) is 95.2 Å². The highest BCUT2D eigenvalue weighted by atomic mass is 19.1. The standard InChI is InChI=1S/C27H18F3N3O4/c28-19-5-4-14(37-26-20(29)10-21-16(24(26)30)6-7-31-21)9-17(19)27-32-11-22(33-27)18-12-36-25-13(8-23(34)35)2-1-3-15(18)25/h1-7,9-11,18,31H,8,12H2,(H,32,33)(H,34,35). The topological polar surface area (TPSA) is 100 Å². The molecule has 3 heterocycles. The van der Waals surface area contributed by atoms with Crippen molar-refractivity contribution in [2.24, 2.45) is 0 Å². The van der Waals surface area contributed by atoms with E-state index in [4.69, 9.17) is 14.6 Å². The minimum atomic E-state index is -0.963. The third kappa shape index (κ3) is 3.96. The number of hydrogen-bond acceptors (Lipinski definition) is 4. The van der Waals surface area contributed by atoms with E-state index >= 15 is 0 Å². The predicted octanol–water partition coefficient (Wildman–Crippen LogP) is 5.92. The lowest BCUT2D eigenvalue weighted by atomic mass is 9.96. The molecule has 0 fully saturated rings. The molecule has 5 aromatic rings. The first-order valence-electron chi connectivity index (χ1n) is 11.3. The minimum absolute atomic E-state index is 0.0230. The molecule has 0 spiro atoms. The van der Waals surface area contributed by atoms with Crippen molar-refractivity contribution < 1.29 is 32.5 Å². The molecule has 0 aliphatic carbocycles. The molecule has 1 atom stereocenters. The zero-order chi connectivity index (χ0) is 25.7. The number of H-pyrrole nitrogens is 2. The van der Waals surface area contributed by atoms with Gasteiger partial charge in [0.05, 0.1) is 23.4 Å². The van der Waals surface area contributed by atoms with Crippen molar-refractivity contribution in [3.8, 4) is 28.6 Å². The zero-order valence-corrected chi connectivity index (χ0v) is 19.0. The molecule has 3 aromatic carbocycles. The van der Waals surface area contributed by atoms with Crippen LogP contribution in [0, 0.1) is 17.5 Å². The Labute approximate surface area is 207 Å². The van der Waals surface area contributed by atoms with Crippen LogP contribution in [0.15, 0.2) is 60.9 Å². The summed E-state index contributed by atoms with van der Waals surface area (Å²) in [5.41, 5.74) is 2.35. The second kappa shape index (κ2) is 8.74. The van der Waals surface area contributed by atoms with Crippen molar-refractivity contribution in [1.29, 1.82) is 0 Å². The summed E-state index contributed by atoms with van der Waals surface area (Å²) in [6.07, 6.45) is 2.87. The van der Waals surface area contributed by atoms with Gasteiger partial charge >= 0.3 is 5.97 Å². The summed E-state index contributed by atoms with van der Waals surface area (Å²) in [5.74, 6) is -3.46. The maximum atomic E-state index is 14.8. The summed E-state index contributed by atoms with van der Waals surface area (Å²) < 4.78 is 55.4. The molecule has 6 rings (SSSR count). The van der Waals surface area contributed by atoms with Crippen molar-refractivity contribution in [3.63, 3.8) is 0 Å². The lowest BCUT2D eigenvalue weighted by Gasteiger charge is -2.10. The zero-order valence-electron chi connectivity index (χ0n) is 19.0. The first-order chi connectivity index (χ1) is 17.9. The Kier molecular flexibility index (Phi) is 5.36. The van der Waals surface area contributed by atoms with Gasteiger partial charge in [-0.1, -0.05) is 18.2 Å². The van der Waals surface area contributed by atoms with E-state index < -0.39 is 29.2 Å².